The van der Waals surface area contributed by atoms with Gasteiger partial charge in [-0.15, -0.1) is 0 Å². The first-order valence-electron chi connectivity index (χ1n) is 6.30. The van der Waals surface area contributed by atoms with Crippen LogP contribution in [0, 0.1) is 11.3 Å². The topological polar surface area (TPSA) is 21.3 Å². The molecule has 0 fully saturated rings. The number of hydrogen-bond donors (Lipinski definition) is 1. The van der Waals surface area contributed by atoms with E-state index in [-0.39, 0.29) is 5.41 Å². The van der Waals surface area contributed by atoms with E-state index in [9.17, 15) is 0 Å². The molecule has 92 valence electrons. The van der Waals surface area contributed by atoms with Crippen LogP contribution in [-0.2, 0) is 4.74 Å². The highest BCUT2D eigenvalue weighted by molar-refractivity contribution is 4.70. The van der Waals surface area contributed by atoms with Crippen LogP contribution in [-0.4, -0.2) is 26.3 Å². The van der Waals surface area contributed by atoms with Crippen LogP contribution in [0.15, 0.2) is 0 Å². The Kier molecular flexibility index (Phi) is 8.07. The van der Waals surface area contributed by atoms with Crippen LogP contribution in [0.1, 0.15) is 47.5 Å². The van der Waals surface area contributed by atoms with Gasteiger partial charge < -0.3 is 10.1 Å². The monoisotopic (exact) mass is 215 g/mol. The molecule has 0 spiro atoms. The molecule has 0 saturated carbocycles. The summed E-state index contributed by atoms with van der Waals surface area (Å²) >= 11 is 0. The normalized spacial score (nSPS) is 14.2. The van der Waals surface area contributed by atoms with Crippen molar-refractivity contribution in [3.63, 3.8) is 0 Å². The Morgan fingerprint density at radius 2 is 1.93 bits per heavy atom. The van der Waals surface area contributed by atoms with Crippen LogP contribution >= 0.6 is 0 Å². The summed E-state index contributed by atoms with van der Waals surface area (Å²) in [5.41, 5.74) is 0.252. The van der Waals surface area contributed by atoms with E-state index in [4.69, 9.17) is 4.74 Å². The minimum atomic E-state index is 0.252. The zero-order chi connectivity index (χ0) is 11.7. The molecule has 1 N–H and O–H groups in total. The molecule has 0 saturated heterocycles. The van der Waals surface area contributed by atoms with Crippen molar-refractivity contribution in [2.45, 2.75) is 47.5 Å². The lowest BCUT2D eigenvalue weighted by atomic mass is 9.95. The maximum absolute atomic E-state index is 5.77. The third-order valence-corrected chi connectivity index (χ3v) is 2.53. The van der Waals surface area contributed by atoms with Gasteiger partial charge in [0.2, 0.25) is 0 Å². The fourth-order valence-corrected chi connectivity index (χ4v) is 1.63. The van der Waals surface area contributed by atoms with Crippen molar-refractivity contribution in [2.24, 2.45) is 11.3 Å². The Bertz CT molecular complexity index is 145. The molecule has 15 heavy (non-hydrogen) atoms. The summed E-state index contributed by atoms with van der Waals surface area (Å²) in [5.74, 6) is 0.699. The van der Waals surface area contributed by atoms with E-state index in [1.807, 2.05) is 0 Å². The van der Waals surface area contributed by atoms with Gasteiger partial charge in [-0.25, -0.2) is 0 Å². The SMILES string of the molecule is CCCC(C)COCC(C)(C)CNCC. The first-order chi connectivity index (χ1) is 7.02. The first-order valence-corrected chi connectivity index (χ1v) is 6.30. The zero-order valence-corrected chi connectivity index (χ0v) is 11.2. The van der Waals surface area contributed by atoms with Crippen molar-refractivity contribution >= 4 is 0 Å². The number of hydrogen-bond acceptors (Lipinski definition) is 2. The summed E-state index contributed by atoms with van der Waals surface area (Å²) in [4.78, 5) is 0. The molecular formula is C13H29NO. The van der Waals surface area contributed by atoms with E-state index in [0.29, 0.717) is 5.92 Å². The first kappa shape index (κ1) is 14.9. The minimum absolute atomic E-state index is 0.252. The number of ether oxygens (including phenoxy) is 1. The lowest BCUT2D eigenvalue weighted by Gasteiger charge is -2.25. The fourth-order valence-electron chi connectivity index (χ4n) is 1.63. The second-order valence-corrected chi connectivity index (χ2v) is 5.35. The highest BCUT2D eigenvalue weighted by Crippen LogP contribution is 2.15. The molecule has 1 unspecified atom stereocenters. The average molecular weight is 215 g/mol. The standard InChI is InChI=1S/C13H29NO/c1-6-8-12(3)9-15-11-13(4,5)10-14-7-2/h12,14H,6-11H2,1-5H3. The van der Waals surface area contributed by atoms with Crippen molar-refractivity contribution < 1.29 is 4.74 Å². The summed E-state index contributed by atoms with van der Waals surface area (Å²) in [6.45, 7) is 15.0. The van der Waals surface area contributed by atoms with Crippen molar-refractivity contribution in [2.75, 3.05) is 26.3 Å². The predicted molar refractivity (Wildman–Crippen MR) is 67.2 cm³/mol. The van der Waals surface area contributed by atoms with Crippen molar-refractivity contribution in [1.29, 1.82) is 0 Å². The highest BCUT2D eigenvalue weighted by atomic mass is 16.5. The van der Waals surface area contributed by atoms with Crippen LogP contribution in [0.4, 0.5) is 0 Å². The molecule has 0 heterocycles. The molecule has 0 aromatic carbocycles. The smallest absolute Gasteiger partial charge is 0.0529 e. The maximum Gasteiger partial charge on any atom is 0.0529 e. The summed E-state index contributed by atoms with van der Waals surface area (Å²) in [5, 5.41) is 3.37. The molecule has 0 aliphatic heterocycles. The van der Waals surface area contributed by atoms with Crippen LogP contribution in [0.25, 0.3) is 0 Å². The Hall–Kier alpha value is -0.0800. The largest absolute Gasteiger partial charge is 0.381 e. The van der Waals surface area contributed by atoms with Gasteiger partial charge in [0.15, 0.2) is 0 Å². The summed E-state index contributed by atoms with van der Waals surface area (Å²) in [6, 6.07) is 0. The van der Waals surface area contributed by atoms with Gasteiger partial charge in [-0.1, -0.05) is 41.0 Å². The van der Waals surface area contributed by atoms with Crippen LogP contribution < -0.4 is 5.32 Å². The van der Waals surface area contributed by atoms with Gasteiger partial charge in [-0.05, 0) is 18.9 Å². The van der Waals surface area contributed by atoms with E-state index >= 15 is 0 Å². The third kappa shape index (κ3) is 8.88. The van der Waals surface area contributed by atoms with Gasteiger partial charge in [0.05, 0.1) is 6.61 Å². The molecule has 0 rings (SSSR count). The molecule has 0 aromatic rings. The Balaban J connectivity index is 3.55. The van der Waals surface area contributed by atoms with Crippen molar-refractivity contribution in [3.05, 3.63) is 0 Å². The van der Waals surface area contributed by atoms with Crippen molar-refractivity contribution in [3.8, 4) is 0 Å². The minimum Gasteiger partial charge on any atom is -0.381 e. The van der Waals surface area contributed by atoms with Gasteiger partial charge in [-0.3, -0.25) is 0 Å². The third-order valence-electron chi connectivity index (χ3n) is 2.53. The molecule has 2 nitrogen and oxygen atoms in total. The van der Waals surface area contributed by atoms with E-state index in [0.717, 1.165) is 26.3 Å². The van der Waals surface area contributed by atoms with E-state index in [2.05, 4.69) is 39.9 Å². The van der Waals surface area contributed by atoms with Crippen LogP contribution in [0.3, 0.4) is 0 Å². The highest BCUT2D eigenvalue weighted by Gasteiger charge is 2.17. The molecule has 0 aromatic heterocycles. The number of rotatable bonds is 9. The lowest BCUT2D eigenvalue weighted by Crippen LogP contribution is -2.33. The van der Waals surface area contributed by atoms with Gasteiger partial charge in [0.25, 0.3) is 0 Å². The van der Waals surface area contributed by atoms with Gasteiger partial charge >= 0.3 is 0 Å². The molecule has 0 amide bonds. The zero-order valence-electron chi connectivity index (χ0n) is 11.2. The second-order valence-electron chi connectivity index (χ2n) is 5.35. The maximum atomic E-state index is 5.77. The molecule has 2 heteroatoms. The second kappa shape index (κ2) is 8.12. The molecule has 1 atom stereocenters. The lowest BCUT2D eigenvalue weighted by molar-refractivity contribution is 0.0420. The quantitative estimate of drug-likeness (QED) is 0.638. The van der Waals surface area contributed by atoms with E-state index in [1.165, 1.54) is 12.8 Å². The molecule has 0 aliphatic rings. The van der Waals surface area contributed by atoms with Gasteiger partial charge in [-0.2, -0.15) is 0 Å². The summed E-state index contributed by atoms with van der Waals surface area (Å²) in [7, 11) is 0. The average Bonchev–Trinajstić information content (AvgIpc) is 2.15. The van der Waals surface area contributed by atoms with Crippen LogP contribution in [0.2, 0.25) is 0 Å². The van der Waals surface area contributed by atoms with Crippen LogP contribution in [0.5, 0.6) is 0 Å². The summed E-state index contributed by atoms with van der Waals surface area (Å²) < 4.78 is 5.77. The molecule has 0 aliphatic carbocycles. The fraction of sp³-hybridized carbons (Fsp3) is 1.00. The van der Waals surface area contributed by atoms with E-state index < -0.39 is 0 Å². The molecular weight excluding hydrogens is 186 g/mol. The van der Waals surface area contributed by atoms with Gasteiger partial charge in [0, 0.05) is 18.6 Å². The van der Waals surface area contributed by atoms with Gasteiger partial charge in [0.1, 0.15) is 0 Å². The predicted octanol–water partition coefficient (Wildman–Crippen LogP) is 3.07. The van der Waals surface area contributed by atoms with E-state index in [1.54, 1.807) is 0 Å². The Morgan fingerprint density at radius 1 is 1.27 bits per heavy atom. The van der Waals surface area contributed by atoms with Crippen molar-refractivity contribution in [1.82, 2.24) is 5.32 Å². The molecule has 0 bridgehead atoms. The number of nitrogens with one attached hydrogen (secondary N) is 1. The Morgan fingerprint density at radius 3 is 2.47 bits per heavy atom. The molecule has 0 radical (unpaired) electrons. The summed E-state index contributed by atoms with van der Waals surface area (Å²) in [6.07, 6.45) is 2.53. The Labute approximate surface area is 95.8 Å².